The third kappa shape index (κ3) is 4.70. The van der Waals surface area contributed by atoms with Crippen molar-refractivity contribution in [3.8, 4) is 0 Å². The zero-order valence-electron chi connectivity index (χ0n) is 11.5. The lowest BCUT2D eigenvalue weighted by Crippen LogP contribution is -2.52. The third-order valence-corrected chi connectivity index (χ3v) is 3.64. The summed E-state index contributed by atoms with van der Waals surface area (Å²) >= 11 is 5.77. The van der Waals surface area contributed by atoms with Crippen molar-refractivity contribution in [1.29, 1.82) is 0 Å². The van der Waals surface area contributed by atoms with Crippen molar-refractivity contribution >= 4 is 29.2 Å². The van der Waals surface area contributed by atoms with Crippen LogP contribution in [-0.4, -0.2) is 54.1 Å². The van der Waals surface area contributed by atoms with Crippen molar-refractivity contribution in [1.82, 2.24) is 10.2 Å². The minimum Gasteiger partial charge on any atom is -0.480 e. The monoisotopic (exact) mass is 311 g/mol. The Hall–Kier alpha value is -1.63. The first-order valence-electron chi connectivity index (χ1n) is 6.79. The van der Waals surface area contributed by atoms with Crippen LogP contribution in [0.15, 0.2) is 24.3 Å². The summed E-state index contributed by atoms with van der Waals surface area (Å²) in [6, 6.07) is 5.91. The molecular formula is C14H18ClN3O3. The lowest BCUT2D eigenvalue weighted by atomic mass is 10.1. The normalized spacial score (nSPS) is 17.2. The number of carbonyl (C=O) groups excluding carboxylic acids is 1. The van der Waals surface area contributed by atoms with Gasteiger partial charge in [-0.3, -0.25) is 14.5 Å². The van der Waals surface area contributed by atoms with Gasteiger partial charge in [0.15, 0.2) is 0 Å². The van der Waals surface area contributed by atoms with E-state index in [1.165, 1.54) is 0 Å². The van der Waals surface area contributed by atoms with Crippen molar-refractivity contribution in [2.45, 2.75) is 12.5 Å². The summed E-state index contributed by atoms with van der Waals surface area (Å²) in [5, 5.41) is 15.7. The number of benzene rings is 1. The Balaban J connectivity index is 1.94. The number of hydrogen-bond acceptors (Lipinski definition) is 4. The van der Waals surface area contributed by atoms with Gasteiger partial charge in [-0.1, -0.05) is 11.6 Å². The summed E-state index contributed by atoms with van der Waals surface area (Å²) in [4.78, 5) is 25.2. The maximum Gasteiger partial charge on any atom is 0.321 e. The molecule has 0 spiro atoms. The summed E-state index contributed by atoms with van der Waals surface area (Å²) in [7, 11) is 0. The Labute approximate surface area is 128 Å². The van der Waals surface area contributed by atoms with E-state index in [1.807, 2.05) is 4.90 Å². The highest BCUT2D eigenvalue weighted by molar-refractivity contribution is 6.30. The largest absolute Gasteiger partial charge is 0.480 e. The number of hydrogen-bond donors (Lipinski definition) is 3. The smallest absolute Gasteiger partial charge is 0.321 e. The average Bonchev–Trinajstić information content (AvgIpc) is 2.48. The Morgan fingerprint density at radius 3 is 2.48 bits per heavy atom. The summed E-state index contributed by atoms with van der Waals surface area (Å²) < 4.78 is 0. The quantitative estimate of drug-likeness (QED) is 0.756. The second-order valence-electron chi connectivity index (χ2n) is 4.90. The molecule has 1 atom stereocenters. The van der Waals surface area contributed by atoms with Gasteiger partial charge in [0, 0.05) is 36.9 Å². The Bertz CT molecular complexity index is 501. The SMILES string of the molecule is O=C(C[C@H](C(=O)O)N1CCNCC1)Nc1ccc(Cl)cc1. The van der Waals surface area contributed by atoms with Crippen LogP contribution in [0, 0.1) is 0 Å². The molecule has 1 aromatic carbocycles. The van der Waals surface area contributed by atoms with Crippen molar-refractivity contribution in [2.24, 2.45) is 0 Å². The van der Waals surface area contributed by atoms with Crippen LogP contribution in [0.5, 0.6) is 0 Å². The molecule has 0 bridgehead atoms. The van der Waals surface area contributed by atoms with Gasteiger partial charge in [-0.2, -0.15) is 0 Å². The minimum atomic E-state index is -0.969. The molecule has 6 nitrogen and oxygen atoms in total. The van der Waals surface area contributed by atoms with Gasteiger partial charge in [0.1, 0.15) is 6.04 Å². The van der Waals surface area contributed by atoms with Crippen LogP contribution in [-0.2, 0) is 9.59 Å². The molecule has 0 aromatic heterocycles. The predicted octanol–water partition coefficient (Wildman–Crippen LogP) is 1.03. The van der Waals surface area contributed by atoms with Crippen LogP contribution in [0.25, 0.3) is 0 Å². The van der Waals surface area contributed by atoms with E-state index < -0.39 is 12.0 Å². The van der Waals surface area contributed by atoms with Gasteiger partial charge in [0.05, 0.1) is 6.42 Å². The van der Waals surface area contributed by atoms with E-state index in [1.54, 1.807) is 24.3 Å². The lowest BCUT2D eigenvalue weighted by Gasteiger charge is -2.32. The van der Waals surface area contributed by atoms with Crippen molar-refractivity contribution in [3.05, 3.63) is 29.3 Å². The summed E-state index contributed by atoms with van der Waals surface area (Å²) in [6.07, 6.45) is -0.0715. The van der Waals surface area contributed by atoms with Crippen LogP contribution in [0.3, 0.4) is 0 Å². The maximum atomic E-state index is 12.0. The van der Waals surface area contributed by atoms with Gasteiger partial charge in [-0.25, -0.2) is 0 Å². The fraction of sp³-hybridized carbons (Fsp3) is 0.429. The lowest BCUT2D eigenvalue weighted by molar-refractivity contribution is -0.145. The molecule has 1 amide bonds. The van der Waals surface area contributed by atoms with Crippen LogP contribution in [0.4, 0.5) is 5.69 Å². The summed E-state index contributed by atoms with van der Waals surface area (Å²) in [6.45, 7) is 2.74. The summed E-state index contributed by atoms with van der Waals surface area (Å²) in [5.41, 5.74) is 0.605. The van der Waals surface area contributed by atoms with Crippen LogP contribution in [0.2, 0.25) is 5.02 Å². The Morgan fingerprint density at radius 2 is 1.90 bits per heavy atom. The number of carboxylic acid groups (broad SMARTS) is 1. The number of aliphatic carboxylic acids is 1. The Kier molecular flexibility index (Phi) is 5.55. The highest BCUT2D eigenvalue weighted by Gasteiger charge is 2.28. The predicted molar refractivity (Wildman–Crippen MR) is 80.6 cm³/mol. The van der Waals surface area contributed by atoms with E-state index in [4.69, 9.17) is 11.6 Å². The Morgan fingerprint density at radius 1 is 1.29 bits per heavy atom. The van der Waals surface area contributed by atoms with Crippen LogP contribution in [0.1, 0.15) is 6.42 Å². The van der Waals surface area contributed by atoms with E-state index in [0.29, 0.717) is 23.8 Å². The first-order valence-corrected chi connectivity index (χ1v) is 7.17. The van der Waals surface area contributed by atoms with E-state index in [0.717, 1.165) is 13.1 Å². The number of halogens is 1. The number of piperazine rings is 1. The molecule has 0 unspecified atom stereocenters. The highest BCUT2D eigenvalue weighted by atomic mass is 35.5. The molecule has 7 heteroatoms. The molecule has 1 heterocycles. The van der Waals surface area contributed by atoms with Gasteiger partial charge in [-0.05, 0) is 24.3 Å². The summed E-state index contributed by atoms with van der Waals surface area (Å²) in [5.74, 6) is -1.29. The second-order valence-corrected chi connectivity index (χ2v) is 5.34. The molecule has 1 aromatic rings. The first kappa shape index (κ1) is 15.8. The van der Waals surface area contributed by atoms with E-state index >= 15 is 0 Å². The number of amides is 1. The van der Waals surface area contributed by atoms with E-state index in [2.05, 4.69) is 10.6 Å². The highest BCUT2D eigenvalue weighted by Crippen LogP contribution is 2.14. The molecule has 2 rings (SSSR count). The van der Waals surface area contributed by atoms with Gasteiger partial charge >= 0.3 is 5.97 Å². The average molecular weight is 312 g/mol. The van der Waals surface area contributed by atoms with Crippen LogP contribution < -0.4 is 10.6 Å². The molecule has 21 heavy (non-hydrogen) atoms. The number of rotatable bonds is 5. The molecule has 1 saturated heterocycles. The molecule has 0 saturated carbocycles. The number of nitrogens with one attached hydrogen (secondary N) is 2. The maximum absolute atomic E-state index is 12.0. The molecule has 1 aliphatic heterocycles. The van der Waals surface area contributed by atoms with Gasteiger partial charge in [0.25, 0.3) is 0 Å². The van der Waals surface area contributed by atoms with Crippen LogP contribution >= 0.6 is 11.6 Å². The third-order valence-electron chi connectivity index (χ3n) is 3.38. The van der Waals surface area contributed by atoms with Gasteiger partial charge in [-0.15, -0.1) is 0 Å². The van der Waals surface area contributed by atoms with Gasteiger partial charge in [0.2, 0.25) is 5.91 Å². The molecule has 1 fully saturated rings. The molecule has 0 aliphatic carbocycles. The van der Waals surface area contributed by atoms with Gasteiger partial charge < -0.3 is 15.7 Å². The molecule has 3 N–H and O–H groups in total. The number of carbonyl (C=O) groups is 2. The second kappa shape index (κ2) is 7.40. The minimum absolute atomic E-state index is 0.0715. The van der Waals surface area contributed by atoms with Crippen molar-refractivity contribution < 1.29 is 14.7 Å². The van der Waals surface area contributed by atoms with Crippen molar-refractivity contribution in [2.75, 3.05) is 31.5 Å². The molecular weight excluding hydrogens is 294 g/mol. The molecule has 114 valence electrons. The number of anilines is 1. The fourth-order valence-electron chi connectivity index (χ4n) is 2.29. The van der Waals surface area contributed by atoms with Crippen molar-refractivity contribution in [3.63, 3.8) is 0 Å². The standard InChI is InChI=1S/C14H18ClN3O3/c15-10-1-3-11(4-2-10)17-13(19)9-12(14(20)21)18-7-5-16-6-8-18/h1-4,12,16H,5-9H2,(H,17,19)(H,20,21)/t12-/m1/s1. The molecule has 1 aliphatic rings. The fourth-order valence-corrected chi connectivity index (χ4v) is 2.41. The topological polar surface area (TPSA) is 81.7 Å². The zero-order valence-corrected chi connectivity index (χ0v) is 12.3. The number of nitrogens with zero attached hydrogens (tertiary/aromatic N) is 1. The van der Waals surface area contributed by atoms with E-state index in [-0.39, 0.29) is 12.3 Å². The zero-order chi connectivity index (χ0) is 15.2. The first-order chi connectivity index (χ1) is 10.1. The van der Waals surface area contributed by atoms with E-state index in [9.17, 15) is 14.7 Å². The number of carboxylic acids is 1. The molecule has 0 radical (unpaired) electrons.